The fourth-order valence-electron chi connectivity index (χ4n) is 3.37. The molecule has 0 aromatic heterocycles. The van der Waals surface area contributed by atoms with Gasteiger partial charge >= 0.3 is 0 Å². The summed E-state index contributed by atoms with van der Waals surface area (Å²) in [5.41, 5.74) is 2.80. The van der Waals surface area contributed by atoms with E-state index < -0.39 is 0 Å². The van der Waals surface area contributed by atoms with Crippen molar-refractivity contribution in [3.8, 4) is 0 Å². The maximum atomic E-state index is 6.11. The van der Waals surface area contributed by atoms with Crippen molar-refractivity contribution >= 4 is 0 Å². The van der Waals surface area contributed by atoms with Crippen LogP contribution < -0.4 is 5.32 Å². The summed E-state index contributed by atoms with van der Waals surface area (Å²) in [6, 6.07) is 9.18. The monoisotopic (exact) mass is 275 g/mol. The van der Waals surface area contributed by atoms with Crippen LogP contribution in [0, 0.1) is 0 Å². The van der Waals surface area contributed by atoms with Crippen LogP contribution in [0.1, 0.15) is 69.5 Å². The summed E-state index contributed by atoms with van der Waals surface area (Å²) in [4.78, 5) is 0. The minimum absolute atomic E-state index is 0.149. The molecule has 2 rings (SSSR count). The normalized spacial score (nSPS) is 20.2. The smallest absolute Gasteiger partial charge is 0.0845 e. The first-order valence-corrected chi connectivity index (χ1v) is 8.06. The molecular formula is C18H29NO. The lowest BCUT2D eigenvalue weighted by Crippen LogP contribution is -2.43. The second kappa shape index (κ2) is 6.73. The van der Waals surface area contributed by atoms with Gasteiger partial charge in [-0.3, -0.25) is 0 Å². The highest BCUT2D eigenvalue weighted by atomic mass is 16.5. The molecule has 1 aliphatic rings. The van der Waals surface area contributed by atoms with Crippen LogP contribution in [0.15, 0.2) is 24.3 Å². The van der Waals surface area contributed by atoms with Gasteiger partial charge in [0.25, 0.3) is 0 Å². The summed E-state index contributed by atoms with van der Waals surface area (Å²) in [6.07, 6.45) is 5.06. The number of ether oxygens (including phenoxy) is 1. The summed E-state index contributed by atoms with van der Waals surface area (Å²) in [7, 11) is 2.05. The summed E-state index contributed by atoms with van der Waals surface area (Å²) >= 11 is 0. The van der Waals surface area contributed by atoms with Crippen molar-refractivity contribution in [3.63, 3.8) is 0 Å². The third kappa shape index (κ3) is 2.91. The van der Waals surface area contributed by atoms with Gasteiger partial charge in [-0.25, -0.2) is 0 Å². The first-order chi connectivity index (χ1) is 9.66. The fraction of sp³-hybridized carbons (Fsp3) is 0.667. The number of hydrogen-bond donors (Lipinski definition) is 1. The molecule has 2 nitrogen and oxygen atoms in total. The summed E-state index contributed by atoms with van der Waals surface area (Å²) in [6.45, 7) is 7.29. The lowest BCUT2D eigenvalue weighted by Gasteiger charge is -2.39. The second-order valence-electron chi connectivity index (χ2n) is 6.08. The maximum Gasteiger partial charge on any atom is 0.0845 e. The van der Waals surface area contributed by atoms with Crippen molar-refractivity contribution in [2.24, 2.45) is 0 Å². The van der Waals surface area contributed by atoms with Gasteiger partial charge in [0.1, 0.15) is 0 Å². The van der Waals surface area contributed by atoms with Gasteiger partial charge in [0, 0.05) is 6.61 Å². The first-order valence-electron chi connectivity index (χ1n) is 8.06. The molecular weight excluding hydrogens is 246 g/mol. The lowest BCUT2D eigenvalue weighted by molar-refractivity contribution is -0.0550. The van der Waals surface area contributed by atoms with E-state index in [1.807, 2.05) is 0 Å². The minimum atomic E-state index is -0.149. The molecule has 20 heavy (non-hydrogen) atoms. The van der Waals surface area contributed by atoms with Crippen LogP contribution in [0.25, 0.3) is 0 Å². The van der Waals surface area contributed by atoms with Gasteiger partial charge in [-0.05, 0) is 57.2 Å². The maximum absolute atomic E-state index is 6.11. The molecule has 0 spiro atoms. The summed E-state index contributed by atoms with van der Waals surface area (Å²) < 4.78 is 6.11. The quantitative estimate of drug-likeness (QED) is 0.795. The molecule has 1 N–H and O–H groups in total. The van der Waals surface area contributed by atoms with E-state index in [9.17, 15) is 0 Å². The van der Waals surface area contributed by atoms with E-state index in [2.05, 4.69) is 57.4 Å². The predicted octanol–water partition coefficient (Wildman–Crippen LogP) is 4.42. The van der Waals surface area contributed by atoms with Crippen molar-refractivity contribution < 1.29 is 4.74 Å². The molecule has 0 heterocycles. The average Bonchev–Trinajstić information content (AvgIpc) is 2.40. The zero-order valence-corrected chi connectivity index (χ0v) is 13.4. The van der Waals surface area contributed by atoms with Gasteiger partial charge in [0.05, 0.1) is 11.6 Å². The SMILES string of the molecule is CCOC(C)(CC)C(NC)c1ccccc1C1CCC1. The van der Waals surface area contributed by atoms with Crippen LogP contribution >= 0.6 is 0 Å². The van der Waals surface area contributed by atoms with Crippen LogP contribution in [0.5, 0.6) is 0 Å². The van der Waals surface area contributed by atoms with Crippen molar-refractivity contribution in [2.75, 3.05) is 13.7 Å². The van der Waals surface area contributed by atoms with Gasteiger partial charge in [-0.1, -0.05) is 37.6 Å². The highest BCUT2D eigenvalue weighted by Crippen LogP contribution is 2.42. The van der Waals surface area contributed by atoms with Crippen molar-refractivity contribution in [2.45, 2.75) is 64.0 Å². The standard InChI is InChI=1S/C18H29NO/c1-5-18(3,20-6-2)17(19-4)16-13-8-7-12-15(16)14-10-9-11-14/h7-8,12-14,17,19H,5-6,9-11H2,1-4H3. The third-order valence-electron chi connectivity index (χ3n) is 4.93. The lowest BCUT2D eigenvalue weighted by atomic mass is 9.75. The molecule has 1 saturated carbocycles. The molecule has 0 amide bonds. The van der Waals surface area contributed by atoms with E-state index in [0.29, 0.717) is 0 Å². The Morgan fingerprint density at radius 1 is 1.30 bits per heavy atom. The van der Waals surface area contributed by atoms with Gasteiger partial charge in [0.2, 0.25) is 0 Å². The number of hydrogen-bond acceptors (Lipinski definition) is 2. The Kier molecular flexibility index (Phi) is 5.22. The van der Waals surface area contributed by atoms with Crippen LogP contribution in [0.3, 0.4) is 0 Å². The van der Waals surface area contributed by atoms with Gasteiger partial charge < -0.3 is 10.1 Å². The Bertz CT molecular complexity index is 427. The number of likely N-dealkylation sites (N-methyl/N-ethyl adjacent to an activating group) is 1. The number of nitrogens with one attached hydrogen (secondary N) is 1. The number of benzene rings is 1. The third-order valence-corrected chi connectivity index (χ3v) is 4.93. The predicted molar refractivity (Wildman–Crippen MR) is 85.2 cm³/mol. The summed E-state index contributed by atoms with van der Waals surface area (Å²) in [5.74, 6) is 0.754. The van der Waals surface area contributed by atoms with E-state index in [0.717, 1.165) is 18.9 Å². The van der Waals surface area contributed by atoms with Gasteiger partial charge in [-0.2, -0.15) is 0 Å². The van der Waals surface area contributed by atoms with Crippen LogP contribution in [0.4, 0.5) is 0 Å². The van der Waals surface area contributed by atoms with Gasteiger partial charge in [-0.15, -0.1) is 0 Å². The van der Waals surface area contributed by atoms with E-state index in [4.69, 9.17) is 4.74 Å². The molecule has 0 bridgehead atoms. The Hall–Kier alpha value is -0.860. The van der Waals surface area contributed by atoms with Crippen molar-refractivity contribution in [1.82, 2.24) is 5.32 Å². The van der Waals surface area contributed by atoms with Crippen LogP contribution in [-0.4, -0.2) is 19.3 Å². The molecule has 0 aliphatic heterocycles. The average molecular weight is 275 g/mol. The molecule has 1 aliphatic carbocycles. The first kappa shape index (κ1) is 15.5. The zero-order chi connectivity index (χ0) is 14.6. The topological polar surface area (TPSA) is 21.3 Å². The fourth-order valence-corrected chi connectivity index (χ4v) is 3.37. The molecule has 112 valence electrons. The minimum Gasteiger partial charge on any atom is -0.374 e. The van der Waals surface area contributed by atoms with Crippen molar-refractivity contribution in [1.29, 1.82) is 0 Å². The Labute approximate surface area is 123 Å². The highest BCUT2D eigenvalue weighted by Gasteiger charge is 2.36. The van der Waals surface area contributed by atoms with E-state index >= 15 is 0 Å². The zero-order valence-electron chi connectivity index (χ0n) is 13.4. The molecule has 0 radical (unpaired) electrons. The Morgan fingerprint density at radius 3 is 2.50 bits per heavy atom. The van der Waals surface area contributed by atoms with Crippen LogP contribution in [0.2, 0.25) is 0 Å². The molecule has 2 atom stereocenters. The summed E-state index contributed by atoms with van der Waals surface area (Å²) in [5, 5.41) is 3.51. The molecule has 1 fully saturated rings. The Balaban J connectivity index is 2.35. The number of rotatable bonds is 7. The van der Waals surface area contributed by atoms with Crippen LogP contribution in [-0.2, 0) is 4.74 Å². The largest absolute Gasteiger partial charge is 0.374 e. The van der Waals surface area contributed by atoms with E-state index in [1.54, 1.807) is 0 Å². The second-order valence-corrected chi connectivity index (χ2v) is 6.08. The molecule has 1 aromatic carbocycles. The Morgan fingerprint density at radius 2 is 2.00 bits per heavy atom. The van der Waals surface area contributed by atoms with Crippen molar-refractivity contribution in [3.05, 3.63) is 35.4 Å². The van der Waals surface area contributed by atoms with E-state index in [1.165, 1.54) is 30.4 Å². The molecule has 2 heteroatoms. The molecule has 2 unspecified atom stereocenters. The highest BCUT2D eigenvalue weighted by molar-refractivity contribution is 5.35. The van der Waals surface area contributed by atoms with E-state index in [-0.39, 0.29) is 11.6 Å². The molecule has 1 aromatic rings. The molecule has 0 saturated heterocycles. The van der Waals surface area contributed by atoms with Gasteiger partial charge in [0.15, 0.2) is 0 Å².